The number of alkyl halides is 3. The maximum absolute atomic E-state index is 12.7. The van der Waals surface area contributed by atoms with E-state index in [1.807, 2.05) is 0 Å². The smallest absolute Gasteiger partial charge is 0.351 e. The zero-order valence-corrected chi connectivity index (χ0v) is 15.5. The van der Waals surface area contributed by atoms with Gasteiger partial charge < -0.3 is 11.1 Å². The highest BCUT2D eigenvalue weighted by Gasteiger charge is 2.30. The number of thiazole rings is 1. The number of benzene rings is 1. The van der Waals surface area contributed by atoms with Crippen LogP contribution in [0.1, 0.15) is 28.9 Å². The Morgan fingerprint density at radius 2 is 1.96 bits per heavy atom. The van der Waals surface area contributed by atoms with Crippen molar-refractivity contribution < 1.29 is 18.0 Å². The van der Waals surface area contributed by atoms with Gasteiger partial charge in [-0.3, -0.25) is 4.79 Å². The third kappa shape index (κ3) is 6.81. The van der Waals surface area contributed by atoms with Gasteiger partial charge in [-0.25, -0.2) is 4.98 Å². The van der Waals surface area contributed by atoms with Crippen LogP contribution < -0.4 is 11.1 Å². The number of nitrogens with two attached hydrogens (primary N) is 1. The third-order valence-electron chi connectivity index (χ3n) is 3.09. The predicted molar refractivity (Wildman–Crippen MR) is 97.7 cm³/mol. The summed E-state index contributed by atoms with van der Waals surface area (Å²) in [5.41, 5.74) is 5.17. The molecule has 2 aromatic rings. The molecule has 140 valence electrons. The number of hydrogen-bond acceptors (Lipinski definition) is 4. The molecule has 0 fully saturated rings. The van der Waals surface area contributed by atoms with Crippen LogP contribution in [0, 0.1) is 0 Å². The molecule has 1 aromatic carbocycles. The second kappa shape index (κ2) is 10.6. The Labute approximate surface area is 159 Å². The highest BCUT2D eigenvalue weighted by Crippen LogP contribution is 2.33. The number of hydrogen-bond donors (Lipinski definition) is 2. The molecule has 1 amide bonds. The van der Waals surface area contributed by atoms with Gasteiger partial charge in [0.2, 0.25) is 0 Å². The van der Waals surface area contributed by atoms with Crippen LogP contribution in [0.5, 0.6) is 0 Å². The van der Waals surface area contributed by atoms with E-state index in [2.05, 4.69) is 10.3 Å². The number of rotatable bonds is 6. The van der Waals surface area contributed by atoms with Crippen LogP contribution in [0.4, 0.5) is 13.2 Å². The number of amides is 1. The van der Waals surface area contributed by atoms with E-state index in [0.29, 0.717) is 23.7 Å². The fraction of sp³-hybridized carbons (Fsp3) is 0.333. The highest BCUT2D eigenvalue weighted by atomic mass is 35.5. The van der Waals surface area contributed by atoms with Gasteiger partial charge in [0.25, 0.3) is 5.91 Å². The van der Waals surface area contributed by atoms with E-state index in [1.165, 1.54) is 17.5 Å². The second-order valence-corrected chi connectivity index (χ2v) is 5.73. The van der Waals surface area contributed by atoms with Crippen LogP contribution in [-0.4, -0.2) is 24.0 Å². The lowest BCUT2D eigenvalue weighted by Gasteiger charge is -2.07. The predicted octanol–water partition coefficient (Wildman–Crippen LogP) is 4.14. The van der Waals surface area contributed by atoms with Gasteiger partial charge >= 0.3 is 6.18 Å². The summed E-state index contributed by atoms with van der Waals surface area (Å²) < 4.78 is 38.2. The van der Waals surface area contributed by atoms with Crippen molar-refractivity contribution in [3.8, 4) is 10.6 Å². The maximum atomic E-state index is 12.7. The fourth-order valence-corrected chi connectivity index (χ4v) is 2.70. The minimum atomic E-state index is -4.41. The van der Waals surface area contributed by atoms with Crippen molar-refractivity contribution >= 4 is 42.1 Å². The Morgan fingerprint density at radius 1 is 1.24 bits per heavy atom. The molecule has 0 saturated carbocycles. The molecule has 0 atom stereocenters. The SMILES string of the molecule is Cl.Cl.NCCCCNC(=O)c1csc(-c2cccc(C(F)(F)F)c2)n1. The molecule has 0 aliphatic heterocycles. The van der Waals surface area contributed by atoms with E-state index in [-0.39, 0.29) is 36.4 Å². The summed E-state index contributed by atoms with van der Waals surface area (Å²) in [5.74, 6) is -0.337. The van der Waals surface area contributed by atoms with Crippen LogP contribution >= 0.6 is 36.2 Å². The lowest BCUT2D eigenvalue weighted by molar-refractivity contribution is -0.137. The molecule has 2 rings (SSSR count). The van der Waals surface area contributed by atoms with Gasteiger partial charge in [-0.05, 0) is 31.5 Å². The summed E-state index contributed by atoms with van der Waals surface area (Å²) >= 11 is 1.13. The number of carbonyl (C=O) groups is 1. The average molecular weight is 416 g/mol. The molecule has 1 aromatic heterocycles. The molecule has 0 radical (unpaired) electrons. The van der Waals surface area contributed by atoms with Crippen LogP contribution in [0.3, 0.4) is 0 Å². The summed E-state index contributed by atoms with van der Waals surface area (Å²) in [5, 5.41) is 4.62. The third-order valence-corrected chi connectivity index (χ3v) is 3.98. The van der Waals surface area contributed by atoms with E-state index < -0.39 is 11.7 Å². The molecular formula is C15H18Cl2F3N3OS. The van der Waals surface area contributed by atoms with Gasteiger partial charge in [0, 0.05) is 17.5 Å². The molecule has 0 bridgehead atoms. The standard InChI is InChI=1S/C15H16F3N3OS.2ClH/c16-15(17,18)11-5-3-4-10(8-11)14-21-12(9-23-14)13(22)20-7-2-1-6-19;;/h3-5,8-9H,1-2,6-7,19H2,(H,20,22);2*1H. The largest absolute Gasteiger partial charge is 0.416 e. The Kier molecular flexibility index (Phi) is 10.0. The van der Waals surface area contributed by atoms with Gasteiger partial charge in [0.15, 0.2) is 0 Å². The summed E-state index contributed by atoms with van der Waals surface area (Å²) in [6, 6.07) is 4.90. The summed E-state index contributed by atoms with van der Waals surface area (Å²) in [6.45, 7) is 1.05. The van der Waals surface area contributed by atoms with Crippen molar-refractivity contribution in [2.45, 2.75) is 19.0 Å². The van der Waals surface area contributed by atoms with Crippen molar-refractivity contribution in [1.82, 2.24) is 10.3 Å². The number of unbranched alkanes of at least 4 members (excludes halogenated alkanes) is 1. The highest BCUT2D eigenvalue weighted by molar-refractivity contribution is 7.13. The van der Waals surface area contributed by atoms with Gasteiger partial charge in [0.1, 0.15) is 10.7 Å². The topological polar surface area (TPSA) is 68.0 Å². The van der Waals surface area contributed by atoms with Gasteiger partial charge in [0.05, 0.1) is 5.56 Å². The molecule has 10 heteroatoms. The number of nitrogens with zero attached hydrogens (tertiary/aromatic N) is 1. The van der Waals surface area contributed by atoms with Crippen molar-refractivity contribution in [2.75, 3.05) is 13.1 Å². The monoisotopic (exact) mass is 415 g/mol. The molecule has 0 aliphatic carbocycles. The number of halogens is 5. The first-order chi connectivity index (χ1) is 10.9. The molecule has 4 nitrogen and oxygen atoms in total. The molecule has 25 heavy (non-hydrogen) atoms. The number of nitrogens with one attached hydrogen (secondary N) is 1. The lowest BCUT2D eigenvalue weighted by Crippen LogP contribution is -2.25. The number of carbonyl (C=O) groups excluding carboxylic acids is 1. The van der Waals surface area contributed by atoms with Gasteiger partial charge in [-0.15, -0.1) is 36.2 Å². The second-order valence-electron chi connectivity index (χ2n) is 4.87. The number of aromatic nitrogens is 1. The zero-order chi connectivity index (χ0) is 16.9. The van der Waals surface area contributed by atoms with Crippen molar-refractivity contribution in [1.29, 1.82) is 0 Å². The van der Waals surface area contributed by atoms with E-state index in [1.54, 1.807) is 0 Å². The molecule has 0 aliphatic rings. The normalized spacial score (nSPS) is 10.6. The van der Waals surface area contributed by atoms with Crippen molar-refractivity contribution in [3.63, 3.8) is 0 Å². The Hall–Kier alpha value is -1.35. The van der Waals surface area contributed by atoms with Crippen molar-refractivity contribution in [2.24, 2.45) is 5.73 Å². The molecule has 0 saturated heterocycles. The summed E-state index contributed by atoms with van der Waals surface area (Å²) in [6.07, 6.45) is -2.82. The van der Waals surface area contributed by atoms with E-state index in [9.17, 15) is 18.0 Å². The van der Waals surface area contributed by atoms with E-state index in [0.717, 1.165) is 36.3 Å². The molecule has 3 N–H and O–H groups in total. The molecule has 0 spiro atoms. The Morgan fingerprint density at radius 3 is 2.60 bits per heavy atom. The molecule has 1 heterocycles. The first kappa shape index (κ1) is 23.6. The minimum absolute atomic E-state index is 0. The summed E-state index contributed by atoms with van der Waals surface area (Å²) in [4.78, 5) is 16.0. The Balaban J connectivity index is 0.00000288. The molecular weight excluding hydrogens is 398 g/mol. The Bertz CT molecular complexity index is 680. The zero-order valence-electron chi connectivity index (χ0n) is 13.0. The van der Waals surface area contributed by atoms with Gasteiger partial charge in [-0.1, -0.05) is 12.1 Å². The first-order valence-electron chi connectivity index (χ1n) is 7.03. The lowest BCUT2D eigenvalue weighted by atomic mass is 10.1. The van der Waals surface area contributed by atoms with E-state index in [4.69, 9.17) is 5.73 Å². The van der Waals surface area contributed by atoms with Gasteiger partial charge in [-0.2, -0.15) is 13.2 Å². The minimum Gasteiger partial charge on any atom is -0.351 e. The molecule has 0 unspecified atom stereocenters. The first-order valence-corrected chi connectivity index (χ1v) is 7.91. The summed E-state index contributed by atoms with van der Waals surface area (Å²) in [7, 11) is 0. The van der Waals surface area contributed by atoms with E-state index >= 15 is 0 Å². The van der Waals surface area contributed by atoms with Crippen molar-refractivity contribution in [3.05, 3.63) is 40.9 Å². The fourth-order valence-electron chi connectivity index (χ4n) is 1.90. The van der Waals surface area contributed by atoms with Crippen LogP contribution in [0.25, 0.3) is 10.6 Å². The van der Waals surface area contributed by atoms with Crippen LogP contribution in [-0.2, 0) is 6.18 Å². The quantitative estimate of drug-likeness (QED) is 0.696. The average Bonchev–Trinajstić information content (AvgIpc) is 3.01. The maximum Gasteiger partial charge on any atom is 0.416 e. The van der Waals surface area contributed by atoms with Crippen LogP contribution in [0.2, 0.25) is 0 Å². The van der Waals surface area contributed by atoms with Crippen LogP contribution in [0.15, 0.2) is 29.6 Å².